The van der Waals surface area contributed by atoms with Crippen LogP contribution in [0.5, 0.6) is 5.75 Å². The predicted octanol–water partition coefficient (Wildman–Crippen LogP) is 2.53. The van der Waals surface area contributed by atoms with E-state index in [0.717, 1.165) is 42.4 Å². The lowest BCUT2D eigenvalue weighted by Gasteiger charge is -2.24. The van der Waals surface area contributed by atoms with E-state index in [2.05, 4.69) is 4.99 Å². The molecule has 0 atom stereocenters. The lowest BCUT2D eigenvalue weighted by atomic mass is 9.86. The van der Waals surface area contributed by atoms with Gasteiger partial charge in [-0.25, -0.2) is 4.79 Å². The molecule has 1 fully saturated rings. The number of benzene rings is 1. The molecule has 94 valence electrons. The number of carbonyl (C=O) groups excluding carboxylic acids is 1. The van der Waals surface area contributed by atoms with Crippen molar-refractivity contribution in [2.24, 2.45) is 4.99 Å². The summed E-state index contributed by atoms with van der Waals surface area (Å²) in [6, 6.07) is 3.70. The monoisotopic (exact) mass is 245 g/mol. The molecule has 18 heavy (non-hydrogen) atoms. The van der Waals surface area contributed by atoms with E-state index >= 15 is 0 Å². The number of phenols is 1. The van der Waals surface area contributed by atoms with Gasteiger partial charge in [0.05, 0.1) is 13.2 Å². The minimum Gasteiger partial charge on any atom is -0.508 e. The Kier molecular flexibility index (Phi) is 2.69. The van der Waals surface area contributed by atoms with E-state index in [9.17, 15) is 9.90 Å². The fourth-order valence-electron chi connectivity index (χ4n) is 3.08. The van der Waals surface area contributed by atoms with E-state index in [4.69, 9.17) is 4.74 Å². The zero-order chi connectivity index (χ0) is 12.6. The average Bonchev–Trinajstić information content (AvgIpc) is 2.97. The Morgan fingerprint density at radius 3 is 2.56 bits per heavy atom. The molecule has 0 amide bonds. The molecule has 1 aromatic rings. The summed E-state index contributed by atoms with van der Waals surface area (Å²) in [5.74, 6) is 0.222. The van der Waals surface area contributed by atoms with Crippen molar-refractivity contribution < 1.29 is 14.6 Å². The lowest BCUT2D eigenvalue weighted by Crippen LogP contribution is -2.19. The molecule has 0 bridgehead atoms. The fourth-order valence-corrected chi connectivity index (χ4v) is 3.08. The number of nitrogens with zero attached hydrogens (tertiary/aromatic N) is 1. The Hall–Kier alpha value is -1.64. The molecule has 0 radical (unpaired) electrons. The van der Waals surface area contributed by atoms with Crippen LogP contribution in [0.1, 0.15) is 42.4 Å². The summed E-state index contributed by atoms with van der Waals surface area (Å²) in [5, 5.41) is 10.2. The van der Waals surface area contributed by atoms with Crippen LogP contribution in [0.2, 0.25) is 0 Å². The van der Waals surface area contributed by atoms with E-state index in [1.165, 1.54) is 0 Å². The minimum atomic E-state index is -0.566. The van der Waals surface area contributed by atoms with Gasteiger partial charge in [-0.3, -0.25) is 0 Å². The highest BCUT2D eigenvalue weighted by molar-refractivity contribution is 5.49. The van der Waals surface area contributed by atoms with E-state index in [1.54, 1.807) is 12.1 Å². The van der Waals surface area contributed by atoms with E-state index < -0.39 is 5.54 Å². The first-order valence-electron chi connectivity index (χ1n) is 6.27. The van der Waals surface area contributed by atoms with Crippen molar-refractivity contribution in [2.75, 3.05) is 0 Å². The largest absolute Gasteiger partial charge is 0.508 e. The van der Waals surface area contributed by atoms with Crippen molar-refractivity contribution in [2.45, 2.75) is 44.4 Å². The Morgan fingerprint density at radius 2 is 1.89 bits per heavy atom. The standard InChI is InChI=1S/C14H15NO3/c16-9-15-14(3-1-2-4-14)12-5-10-7-18-8-11(10)6-13(12)17/h5-6,17H,1-4,7-8H2. The Bertz CT molecular complexity index is 526. The Morgan fingerprint density at radius 1 is 1.22 bits per heavy atom. The normalized spacial score (nSPS) is 20.4. The van der Waals surface area contributed by atoms with Crippen molar-refractivity contribution in [1.29, 1.82) is 0 Å². The molecule has 1 saturated carbocycles. The number of hydrogen-bond donors (Lipinski definition) is 1. The summed E-state index contributed by atoms with van der Waals surface area (Å²) in [6.07, 6.45) is 5.33. The summed E-state index contributed by atoms with van der Waals surface area (Å²) in [7, 11) is 0. The highest BCUT2D eigenvalue weighted by Gasteiger charge is 2.38. The van der Waals surface area contributed by atoms with Gasteiger partial charge in [0, 0.05) is 5.56 Å². The minimum absolute atomic E-state index is 0.222. The predicted molar refractivity (Wildman–Crippen MR) is 64.9 cm³/mol. The van der Waals surface area contributed by atoms with Crippen LogP contribution in [0.3, 0.4) is 0 Å². The van der Waals surface area contributed by atoms with Crippen molar-refractivity contribution in [3.63, 3.8) is 0 Å². The van der Waals surface area contributed by atoms with Gasteiger partial charge in [0.1, 0.15) is 11.3 Å². The number of hydrogen-bond acceptors (Lipinski definition) is 4. The molecule has 1 aromatic carbocycles. The van der Waals surface area contributed by atoms with Crippen LogP contribution < -0.4 is 0 Å². The molecule has 0 aromatic heterocycles. The lowest BCUT2D eigenvalue weighted by molar-refractivity contribution is 0.134. The number of ether oxygens (including phenoxy) is 1. The Labute approximate surface area is 105 Å². The van der Waals surface area contributed by atoms with Gasteiger partial charge >= 0.3 is 0 Å². The number of aliphatic imine (C=N–C) groups is 1. The zero-order valence-electron chi connectivity index (χ0n) is 10.1. The van der Waals surface area contributed by atoms with Crippen molar-refractivity contribution in [3.8, 4) is 5.75 Å². The van der Waals surface area contributed by atoms with Crippen molar-refractivity contribution in [3.05, 3.63) is 28.8 Å². The van der Waals surface area contributed by atoms with Crippen LogP contribution in [0.15, 0.2) is 17.1 Å². The number of fused-ring (bicyclic) bond motifs is 1. The molecule has 3 rings (SSSR count). The van der Waals surface area contributed by atoms with Crippen LogP contribution in [0.25, 0.3) is 0 Å². The number of rotatable bonds is 2. The van der Waals surface area contributed by atoms with Gasteiger partial charge in [0.15, 0.2) is 0 Å². The topological polar surface area (TPSA) is 58.9 Å². The van der Waals surface area contributed by atoms with Crippen molar-refractivity contribution >= 4 is 6.08 Å². The second kappa shape index (κ2) is 4.23. The van der Waals surface area contributed by atoms with Gasteiger partial charge in [0.2, 0.25) is 6.08 Å². The summed E-state index contributed by atoms with van der Waals surface area (Å²) < 4.78 is 5.36. The smallest absolute Gasteiger partial charge is 0.235 e. The zero-order valence-corrected chi connectivity index (χ0v) is 10.1. The molecule has 1 heterocycles. The van der Waals surface area contributed by atoms with Gasteiger partial charge in [-0.05, 0) is 36.1 Å². The quantitative estimate of drug-likeness (QED) is 0.643. The summed E-state index contributed by atoms with van der Waals surface area (Å²) in [6.45, 7) is 1.12. The summed E-state index contributed by atoms with van der Waals surface area (Å²) in [5.41, 5.74) is 2.31. The maximum atomic E-state index is 10.7. The molecule has 0 spiro atoms. The third-order valence-electron chi connectivity index (χ3n) is 4.02. The molecule has 2 aliphatic rings. The van der Waals surface area contributed by atoms with Crippen LogP contribution in [0.4, 0.5) is 0 Å². The number of phenolic OH excluding ortho intramolecular Hbond substituents is 1. The molecule has 0 saturated heterocycles. The van der Waals surface area contributed by atoms with Gasteiger partial charge in [-0.2, -0.15) is 4.99 Å². The highest BCUT2D eigenvalue weighted by atomic mass is 16.5. The second-order valence-corrected chi connectivity index (χ2v) is 5.07. The summed E-state index contributed by atoms with van der Waals surface area (Å²) in [4.78, 5) is 14.7. The van der Waals surface area contributed by atoms with E-state index in [1.807, 2.05) is 6.07 Å². The molecule has 1 N–H and O–H groups in total. The van der Waals surface area contributed by atoms with Gasteiger partial charge in [-0.1, -0.05) is 12.8 Å². The molecule has 1 aliphatic heterocycles. The van der Waals surface area contributed by atoms with Gasteiger partial charge in [0.25, 0.3) is 0 Å². The van der Waals surface area contributed by atoms with Gasteiger partial charge < -0.3 is 9.84 Å². The molecule has 0 unspecified atom stereocenters. The SMILES string of the molecule is O=C=NC1(c2cc3c(cc2O)COC3)CCCC1. The third-order valence-corrected chi connectivity index (χ3v) is 4.02. The highest BCUT2D eigenvalue weighted by Crippen LogP contribution is 2.46. The first-order valence-corrected chi connectivity index (χ1v) is 6.27. The maximum Gasteiger partial charge on any atom is 0.235 e. The number of aromatic hydroxyl groups is 1. The summed E-state index contributed by atoms with van der Waals surface area (Å²) >= 11 is 0. The molecule has 1 aliphatic carbocycles. The third kappa shape index (κ3) is 1.65. The molecular formula is C14H15NO3. The van der Waals surface area contributed by atoms with E-state index in [-0.39, 0.29) is 5.75 Å². The van der Waals surface area contributed by atoms with Crippen LogP contribution in [-0.2, 0) is 28.3 Å². The number of isocyanates is 1. The molecule has 4 nitrogen and oxygen atoms in total. The van der Waals surface area contributed by atoms with Crippen LogP contribution in [-0.4, -0.2) is 11.2 Å². The van der Waals surface area contributed by atoms with E-state index in [0.29, 0.717) is 13.2 Å². The maximum absolute atomic E-state index is 10.7. The fraction of sp³-hybridized carbons (Fsp3) is 0.500. The first kappa shape index (κ1) is 11.5. The van der Waals surface area contributed by atoms with Crippen LogP contribution >= 0.6 is 0 Å². The van der Waals surface area contributed by atoms with Crippen LogP contribution in [0, 0.1) is 0 Å². The molecular weight excluding hydrogens is 230 g/mol. The van der Waals surface area contributed by atoms with Gasteiger partial charge in [-0.15, -0.1) is 0 Å². The van der Waals surface area contributed by atoms with Crippen molar-refractivity contribution in [1.82, 2.24) is 0 Å². The second-order valence-electron chi connectivity index (χ2n) is 5.07. The molecule has 4 heteroatoms. The first-order chi connectivity index (χ1) is 8.75. The average molecular weight is 245 g/mol. The Balaban J connectivity index is 2.12.